The van der Waals surface area contributed by atoms with Gasteiger partial charge in [-0.1, -0.05) is 5.21 Å². The Hall–Kier alpha value is -3.41. The van der Waals surface area contributed by atoms with Crippen LogP contribution < -0.4 is 10.1 Å². The summed E-state index contributed by atoms with van der Waals surface area (Å²) in [5.41, 5.74) is 5.99. The number of hydrogen-bond donors (Lipinski definition) is 1. The molecule has 0 radical (unpaired) electrons. The molecule has 12 heteroatoms. The first kappa shape index (κ1) is 25.2. The van der Waals surface area contributed by atoms with Crippen LogP contribution in [-0.2, 0) is 0 Å². The Bertz CT molecular complexity index is 1500. The van der Waals surface area contributed by atoms with Crippen molar-refractivity contribution in [2.24, 2.45) is 0 Å². The van der Waals surface area contributed by atoms with E-state index in [9.17, 15) is 4.39 Å². The second-order valence-electron chi connectivity index (χ2n) is 8.97. The molecular formula is C25H26ClFN8OS. The molecule has 1 aliphatic heterocycles. The molecule has 1 N–H and O–H groups in total. The van der Waals surface area contributed by atoms with E-state index >= 15 is 0 Å². The van der Waals surface area contributed by atoms with E-state index in [1.807, 2.05) is 46.2 Å². The summed E-state index contributed by atoms with van der Waals surface area (Å²) in [6, 6.07) is 5.33. The number of fused-ring (bicyclic) bond motifs is 1. The molecule has 37 heavy (non-hydrogen) atoms. The van der Waals surface area contributed by atoms with Crippen molar-refractivity contribution in [3.05, 3.63) is 65.6 Å². The number of halogens is 2. The highest BCUT2D eigenvalue weighted by Crippen LogP contribution is 2.37. The molecule has 5 aromatic rings. The Labute approximate surface area is 223 Å². The quantitative estimate of drug-likeness (QED) is 0.322. The van der Waals surface area contributed by atoms with E-state index in [1.54, 1.807) is 6.07 Å². The maximum Gasteiger partial charge on any atom is 0.147 e. The Morgan fingerprint density at radius 1 is 1.16 bits per heavy atom. The first-order valence-electron chi connectivity index (χ1n) is 11.9. The zero-order valence-corrected chi connectivity index (χ0v) is 22.0. The summed E-state index contributed by atoms with van der Waals surface area (Å²) in [6.45, 7) is 5.90. The highest BCUT2D eigenvalue weighted by Gasteiger charge is 2.23. The van der Waals surface area contributed by atoms with E-state index in [2.05, 4.69) is 37.0 Å². The van der Waals surface area contributed by atoms with Gasteiger partial charge in [0.1, 0.15) is 28.9 Å². The second-order valence-corrected chi connectivity index (χ2v) is 9.63. The van der Waals surface area contributed by atoms with Crippen LogP contribution in [0.4, 0.5) is 4.39 Å². The molecule has 9 nitrogen and oxygen atoms in total. The lowest BCUT2D eigenvalue weighted by Crippen LogP contribution is -2.30. The summed E-state index contributed by atoms with van der Waals surface area (Å²) in [4.78, 5) is 4.20. The minimum absolute atomic E-state index is 0. The van der Waals surface area contributed by atoms with Crippen LogP contribution in [0.25, 0.3) is 27.9 Å². The molecule has 1 atom stereocenters. The lowest BCUT2D eigenvalue weighted by atomic mass is 10.1. The minimum Gasteiger partial charge on any atom is -0.482 e. The number of rotatable bonds is 6. The molecule has 1 fully saturated rings. The minimum atomic E-state index is -0.417. The molecule has 192 valence electrons. The third-order valence-corrected chi connectivity index (χ3v) is 7.23. The molecule has 0 unspecified atom stereocenters. The summed E-state index contributed by atoms with van der Waals surface area (Å²) in [5, 5.41) is 19.1. The first-order valence-corrected chi connectivity index (χ1v) is 12.7. The summed E-state index contributed by atoms with van der Waals surface area (Å²) >= 11 is 1.38. The van der Waals surface area contributed by atoms with Gasteiger partial charge in [0.25, 0.3) is 0 Å². The van der Waals surface area contributed by atoms with Gasteiger partial charge in [-0.3, -0.25) is 4.98 Å². The average Bonchev–Trinajstić information content (AvgIpc) is 3.64. The van der Waals surface area contributed by atoms with Crippen LogP contribution in [0.3, 0.4) is 0 Å². The van der Waals surface area contributed by atoms with E-state index < -0.39 is 6.10 Å². The van der Waals surface area contributed by atoms with Crippen LogP contribution in [0.5, 0.6) is 5.75 Å². The van der Waals surface area contributed by atoms with Crippen molar-refractivity contribution in [3.8, 4) is 28.1 Å². The van der Waals surface area contributed by atoms with Gasteiger partial charge in [-0.05, 0) is 69.5 Å². The van der Waals surface area contributed by atoms with Gasteiger partial charge in [0.2, 0.25) is 0 Å². The lowest BCUT2D eigenvalue weighted by Gasteiger charge is -2.23. The van der Waals surface area contributed by atoms with Crippen molar-refractivity contribution < 1.29 is 9.13 Å². The molecule has 0 spiro atoms. The van der Waals surface area contributed by atoms with Crippen molar-refractivity contribution in [2.45, 2.75) is 38.8 Å². The SMILES string of the molecule is Cc1c(-c2cc(O[C@H](C)c3ccc(F)cn3)c3c(-c4cnsc4)cnn3c2)nnn1C1CCNCC1.Cl. The van der Waals surface area contributed by atoms with E-state index in [0.717, 1.165) is 59.5 Å². The molecule has 1 aliphatic rings. The van der Waals surface area contributed by atoms with E-state index in [0.29, 0.717) is 17.5 Å². The Morgan fingerprint density at radius 3 is 2.73 bits per heavy atom. The van der Waals surface area contributed by atoms with Gasteiger partial charge in [-0.15, -0.1) is 17.5 Å². The van der Waals surface area contributed by atoms with Crippen molar-refractivity contribution in [1.82, 2.24) is 39.3 Å². The van der Waals surface area contributed by atoms with Crippen molar-refractivity contribution in [1.29, 1.82) is 0 Å². The standard InChI is InChI=1S/C25H25FN8OS.ClH/c1-15-24(31-32-34(15)20-5-7-27-8-6-20)17-9-23(35-16(2)22-4-3-19(26)11-28-22)25-21(12-29-33(25)13-17)18-10-30-36-14-18;/h3-4,9-14,16,20,27H,5-8H2,1-2H3;1H/t16-;/m1./s1. The summed E-state index contributed by atoms with van der Waals surface area (Å²) < 4.78 is 28.0. The molecule has 1 saturated heterocycles. The van der Waals surface area contributed by atoms with Crippen LogP contribution in [-0.4, -0.2) is 47.1 Å². The summed E-state index contributed by atoms with van der Waals surface area (Å²) in [5.74, 6) is 0.242. The van der Waals surface area contributed by atoms with Crippen LogP contribution in [0.2, 0.25) is 0 Å². The molecular weight excluding hydrogens is 515 g/mol. The number of ether oxygens (including phenoxy) is 1. The van der Waals surface area contributed by atoms with Crippen molar-refractivity contribution in [2.75, 3.05) is 13.1 Å². The number of aromatic nitrogens is 7. The number of nitrogens with one attached hydrogen (secondary N) is 1. The molecule has 0 amide bonds. The number of piperidine rings is 1. The molecule has 0 bridgehead atoms. The fourth-order valence-corrected chi connectivity index (χ4v) is 5.27. The van der Waals surface area contributed by atoms with Crippen LogP contribution in [0.1, 0.15) is 43.3 Å². The number of nitrogens with zero attached hydrogens (tertiary/aromatic N) is 7. The fourth-order valence-electron chi connectivity index (χ4n) is 4.74. The molecule has 0 saturated carbocycles. The van der Waals surface area contributed by atoms with Crippen molar-refractivity contribution in [3.63, 3.8) is 0 Å². The Kier molecular flexibility index (Phi) is 7.18. The largest absolute Gasteiger partial charge is 0.482 e. The predicted octanol–water partition coefficient (Wildman–Crippen LogP) is 5.05. The van der Waals surface area contributed by atoms with Gasteiger partial charge < -0.3 is 10.1 Å². The van der Waals surface area contributed by atoms with Gasteiger partial charge in [-0.2, -0.15) is 5.10 Å². The normalized spacial score (nSPS) is 15.0. The smallest absolute Gasteiger partial charge is 0.147 e. The molecule has 0 aliphatic carbocycles. The fraction of sp³-hybridized carbons (Fsp3) is 0.320. The van der Waals surface area contributed by atoms with E-state index in [-0.39, 0.29) is 18.2 Å². The average molecular weight is 541 g/mol. The van der Waals surface area contributed by atoms with Crippen LogP contribution in [0.15, 0.2) is 48.4 Å². The van der Waals surface area contributed by atoms with Gasteiger partial charge in [0, 0.05) is 34.5 Å². The van der Waals surface area contributed by atoms with Crippen molar-refractivity contribution >= 4 is 29.5 Å². The zero-order valence-electron chi connectivity index (χ0n) is 20.3. The van der Waals surface area contributed by atoms with Gasteiger partial charge in [-0.25, -0.2) is 18.0 Å². The maximum atomic E-state index is 13.4. The highest BCUT2D eigenvalue weighted by molar-refractivity contribution is 7.03. The molecule has 5 aromatic heterocycles. The monoisotopic (exact) mass is 540 g/mol. The number of pyridine rings is 2. The third kappa shape index (κ3) is 4.81. The maximum absolute atomic E-state index is 13.4. The first-order chi connectivity index (χ1) is 17.6. The van der Waals surface area contributed by atoms with Crippen LogP contribution in [0, 0.1) is 12.7 Å². The molecule has 6 rings (SSSR count). The summed E-state index contributed by atoms with van der Waals surface area (Å²) in [6.07, 6.45) is 8.42. The third-order valence-electron chi connectivity index (χ3n) is 6.65. The van der Waals surface area contributed by atoms with E-state index in [1.165, 1.54) is 23.8 Å². The Morgan fingerprint density at radius 2 is 2.00 bits per heavy atom. The topological polar surface area (TPSA) is 95.1 Å². The lowest BCUT2D eigenvalue weighted by molar-refractivity contribution is 0.224. The van der Waals surface area contributed by atoms with Gasteiger partial charge in [0.05, 0.1) is 29.8 Å². The zero-order chi connectivity index (χ0) is 24.6. The second kappa shape index (κ2) is 10.5. The molecule has 0 aromatic carbocycles. The van der Waals surface area contributed by atoms with E-state index in [4.69, 9.17) is 4.74 Å². The predicted molar refractivity (Wildman–Crippen MR) is 142 cm³/mol. The Balaban J connectivity index is 0.00000280. The van der Waals surface area contributed by atoms with Gasteiger partial charge >= 0.3 is 0 Å². The van der Waals surface area contributed by atoms with Gasteiger partial charge in [0.15, 0.2) is 0 Å². The highest BCUT2D eigenvalue weighted by atomic mass is 35.5. The molecule has 6 heterocycles. The summed E-state index contributed by atoms with van der Waals surface area (Å²) in [7, 11) is 0. The number of hydrogen-bond acceptors (Lipinski definition) is 8. The van der Waals surface area contributed by atoms with Crippen LogP contribution >= 0.6 is 23.9 Å².